The maximum Gasteiger partial charge on any atom is 0.342 e. The van der Waals surface area contributed by atoms with Gasteiger partial charge in [0.15, 0.2) is 0 Å². The van der Waals surface area contributed by atoms with E-state index in [1.54, 1.807) is 0 Å². The first-order valence-electron chi connectivity index (χ1n) is 16.6. The number of unbranched alkanes of at least 4 members (excludes halogenated alkanes) is 8. The van der Waals surface area contributed by atoms with Crippen molar-refractivity contribution in [2.75, 3.05) is 13.2 Å². The van der Waals surface area contributed by atoms with Crippen LogP contribution in [0.15, 0.2) is 0 Å². The monoisotopic (exact) mass is 571 g/mol. The molecule has 1 fully saturated rings. The van der Waals surface area contributed by atoms with Crippen LogP contribution in [0.25, 0.3) is 0 Å². The van der Waals surface area contributed by atoms with E-state index in [1.807, 2.05) is 27.7 Å². The lowest BCUT2D eigenvalue weighted by atomic mass is 9.98. The van der Waals surface area contributed by atoms with E-state index in [1.165, 1.54) is 38.5 Å². The molecule has 40 heavy (non-hydrogen) atoms. The van der Waals surface area contributed by atoms with Crippen LogP contribution in [-0.4, -0.2) is 49.4 Å². The van der Waals surface area contributed by atoms with Gasteiger partial charge in [-0.3, -0.25) is 9.78 Å². The maximum absolute atomic E-state index is 11.8. The summed E-state index contributed by atoms with van der Waals surface area (Å²) in [7, 11) is 0. The highest BCUT2D eigenvalue weighted by atomic mass is 17.2. The summed E-state index contributed by atoms with van der Waals surface area (Å²) in [6.45, 7) is 9.84. The van der Waals surface area contributed by atoms with Crippen molar-refractivity contribution in [3.8, 4) is 0 Å². The van der Waals surface area contributed by atoms with Gasteiger partial charge in [-0.1, -0.05) is 79.1 Å². The van der Waals surface area contributed by atoms with E-state index >= 15 is 0 Å². The average molecular weight is 572 g/mol. The van der Waals surface area contributed by atoms with Crippen LogP contribution < -0.4 is 5.32 Å². The van der Waals surface area contributed by atoms with Crippen molar-refractivity contribution in [3.05, 3.63) is 0 Å². The van der Waals surface area contributed by atoms with Crippen molar-refractivity contribution in [1.82, 2.24) is 5.32 Å². The Balaban J connectivity index is 2.16. The van der Waals surface area contributed by atoms with E-state index < -0.39 is 0 Å². The highest BCUT2D eigenvalue weighted by Crippen LogP contribution is 2.17. The van der Waals surface area contributed by atoms with Crippen LogP contribution in [0.5, 0.6) is 0 Å². The highest BCUT2D eigenvalue weighted by Gasteiger charge is 2.18. The molecule has 0 aromatic heterocycles. The van der Waals surface area contributed by atoms with Gasteiger partial charge in [-0.15, -0.1) is 0 Å². The number of carbonyl (C=O) groups is 2. The molecule has 1 aliphatic rings. The van der Waals surface area contributed by atoms with E-state index in [-0.39, 0.29) is 24.1 Å². The van der Waals surface area contributed by atoms with Gasteiger partial charge in [0.05, 0.1) is 0 Å². The third-order valence-electron chi connectivity index (χ3n) is 7.94. The van der Waals surface area contributed by atoms with Crippen LogP contribution in [0.1, 0.15) is 156 Å². The zero-order chi connectivity index (χ0) is 29.3. The lowest BCUT2D eigenvalue weighted by Gasteiger charge is -2.29. The van der Waals surface area contributed by atoms with E-state index in [0.717, 1.165) is 90.3 Å². The molecule has 0 atom stereocenters. The van der Waals surface area contributed by atoms with Crippen LogP contribution in [-0.2, 0) is 33.9 Å². The van der Waals surface area contributed by atoms with Gasteiger partial charge in [0.1, 0.15) is 12.2 Å². The van der Waals surface area contributed by atoms with Gasteiger partial charge in [-0.2, -0.15) is 9.78 Å². The summed E-state index contributed by atoms with van der Waals surface area (Å²) in [6, 6.07) is 1.12. The summed E-state index contributed by atoms with van der Waals surface area (Å²) in [5.74, 6) is -0.502. The number of nitrogens with one attached hydrogen (secondary N) is 1. The molecule has 1 rings (SSSR count). The van der Waals surface area contributed by atoms with Crippen molar-refractivity contribution in [2.24, 2.45) is 0 Å². The third kappa shape index (κ3) is 19.8. The summed E-state index contributed by atoms with van der Waals surface area (Å²) in [6.07, 6.45) is 19.8. The van der Waals surface area contributed by atoms with E-state index in [0.29, 0.717) is 24.9 Å². The van der Waals surface area contributed by atoms with Crippen molar-refractivity contribution in [3.63, 3.8) is 0 Å². The van der Waals surface area contributed by atoms with Gasteiger partial charge in [-0.05, 0) is 64.2 Å². The number of hydrogen-bond acceptors (Lipinski definition) is 8. The molecule has 1 saturated heterocycles. The Bertz CT molecular complexity index is 562. The zero-order valence-electron chi connectivity index (χ0n) is 26.2. The molecule has 0 amide bonds. The molecule has 1 heterocycles. The molecule has 8 nitrogen and oxygen atoms in total. The Morgan fingerprint density at radius 3 is 1.48 bits per heavy atom. The summed E-state index contributed by atoms with van der Waals surface area (Å²) in [5, 5.41) is 3.93. The predicted molar refractivity (Wildman–Crippen MR) is 158 cm³/mol. The average Bonchev–Trinajstić information content (AvgIpc) is 2.97. The molecule has 0 aromatic rings. The lowest BCUT2D eigenvalue weighted by Crippen LogP contribution is -2.41. The first kappa shape index (κ1) is 36.8. The second-order valence-corrected chi connectivity index (χ2v) is 11.3. The standard InChI is InChI=1S/C32H61NO7/c1-5-29(6-2)37-39-31(34)21-17-13-9-11-15-19-27(33-28-23-25-36-26-24-28)20-16-12-10-14-18-22-32(35)40-38-30(7-3)8-4/h27-30,33H,5-26H2,1-4H3. The van der Waals surface area contributed by atoms with Crippen molar-refractivity contribution < 1.29 is 33.9 Å². The van der Waals surface area contributed by atoms with E-state index in [2.05, 4.69) is 5.32 Å². The Labute approximate surface area is 244 Å². The molecule has 0 spiro atoms. The van der Waals surface area contributed by atoms with Crippen LogP contribution in [0.4, 0.5) is 0 Å². The number of rotatable bonds is 26. The first-order valence-corrected chi connectivity index (χ1v) is 16.6. The Hall–Kier alpha value is -1.22. The molecule has 1 N–H and O–H groups in total. The lowest BCUT2D eigenvalue weighted by molar-refractivity contribution is -0.299. The third-order valence-corrected chi connectivity index (χ3v) is 7.94. The molecule has 0 aliphatic carbocycles. The number of carbonyl (C=O) groups excluding carboxylic acids is 2. The molecule has 236 valence electrons. The van der Waals surface area contributed by atoms with Crippen molar-refractivity contribution in [1.29, 1.82) is 0 Å². The molecule has 0 aromatic carbocycles. The smallest absolute Gasteiger partial charge is 0.342 e. The second-order valence-electron chi connectivity index (χ2n) is 11.3. The summed E-state index contributed by atoms with van der Waals surface area (Å²) < 4.78 is 5.54. The van der Waals surface area contributed by atoms with Crippen LogP contribution in [0, 0.1) is 0 Å². The van der Waals surface area contributed by atoms with Crippen LogP contribution in [0.3, 0.4) is 0 Å². The minimum atomic E-state index is -0.251. The zero-order valence-corrected chi connectivity index (χ0v) is 26.2. The summed E-state index contributed by atoms with van der Waals surface area (Å²) >= 11 is 0. The SMILES string of the molecule is CCC(CC)OOC(=O)CCCCCCCC(CCCCCCCC(=O)OOC(CC)CC)NC1CCOCC1. The molecule has 0 unspecified atom stereocenters. The predicted octanol–water partition coefficient (Wildman–Crippen LogP) is 7.91. The van der Waals surface area contributed by atoms with Crippen LogP contribution in [0.2, 0.25) is 0 Å². The summed E-state index contributed by atoms with van der Waals surface area (Å²) in [5.41, 5.74) is 0. The molecule has 8 heteroatoms. The molecule has 0 bridgehead atoms. The fourth-order valence-corrected chi connectivity index (χ4v) is 5.07. The number of hydrogen-bond donors (Lipinski definition) is 1. The second kappa shape index (κ2) is 25.5. The van der Waals surface area contributed by atoms with E-state index in [9.17, 15) is 9.59 Å². The fourth-order valence-electron chi connectivity index (χ4n) is 5.07. The van der Waals surface area contributed by atoms with Gasteiger partial charge in [0.2, 0.25) is 0 Å². The topological polar surface area (TPSA) is 92.3 Å². The van der Waals surface area contributed by atoms with E-state index in [4.69, 9.17) is 24.3 Å². The summed E-state index contributed by atoms with van der Waals surface area (Å²) in [4.78, 5) is 43.9. The highest BCUT2D eigenvalue weighted by molar-refractivity contribution is 5.68. The minimum absolute atomic E-state index is 0.00179. The van der Waals surface area contributed by atoms with Gasteiger partial charge in [0.25, 0.3) is 0 Å². The maximum atomic E-state index is 11.8. The minimum Gasteiger partial charge on any atom is -0.381 e. The molecular weight excluding hydrogens is 510 g/mol. The van der Waals surface area contributed by atoms with Crippen molar-refractivity contribution in [2.45, 2.75) is 180 Å². The Morgan fingerprint density at radius 1 is 0.650 bits per heavy atom. The quantitative estimate of drug-likeness (QED) is 0.0636. The molecule has 0 radical (unpaired) electrons. The van der Waals surface area contributed by atoms with Gasteiger partial charge in [0, 0.05) is 38.1 Å². The van der Waals surface area contributed by atoms with Crippen LogP contribution >= 0.6 is 0 Å². The fraction of sp³-hybridized carbons (Fsp3) is 0.938. The van der Waals surface area contributed by atoms with Gasteiger partial charge in [-0.25, -0.2) is 9.59 Å². The molecular formula is C32H61NO7. The molecule has 1 aliphatic heterocycles. The number of ether oxygens (including phenoxy) is 1. The largest absolute Gasteiger partial charge is 0.381 e. The first-order chi connectivity index (χ1) is 19.5. The molecule has 0 saturated carbocycles. The normalized spacial score (nSPS) is 14.4. The van der Waals surface area contributed by atoms with Gasteiger partial charge < -0.3 is 10.1 Å². The Kier molecular flexibility index (Phi) is 23.5. The van der Waals surface area contributed by atoms with Crippen molar-refractivity contribution >= 4 is 11.9 Å². The van der Waals surface area contributed by atoms with Gasteiger partial charge >= 0.3 is 11.9 Å². The Morgan fingerprint density at radius 2 is 1.05 bits per heavy atom.